The van der Waals surface area contributed by atoms with Crippen LogP contribution in [-0.4, -0.2) is 17.6 Å². The van der Waals surface area contributed by atoms with Crippen molar-refractivity contribution in [2.75, 3.05) is 6.61 Å². The predicted octanol–water partition coefficient (Wildman–Crippen LogP) is 2.94. The van der Waals surface area contributed by atoms with E-state index >= 15 is 0 Å². The Hall–Kier alpha value is -1.42. The van der Waals surface area contributed by atoms with Crippen LogP contribution in [0.1, 0.15) is 24.8 Å². The van der Waals surface area contributed by atoms with Crippen molar-refractivity contribution >= 4 is 17.4 Å². The first kappa shape index (κ1) is 13.6. The molecule has 0 heterocycles. The number of hydrogen-bond donors (Lipinski definition) is 2. The molecule has 0 spiro atoms. The number of aryl methyl sites for hydroxylation is 1. The minimum Gasteiger partial charge on any atom is -0.494 e. The van der Waals surface area contributed by atoms with Crippen LogP contribution in [0, 0.1) is 6.92 Å². The number of nitrogens with two attached hydrogens (primary N) is 1. The van der Waals surface area contributed by atoms with E-state index in [1.807, 2.05) is 25.1 Å². The number of oxime groups is 1. The molecular formula is C12H17ClN2O2. The van der Waals surface area contributed by atoms with Crippen LogP contribution in [0.5, 0.6) is 5.75 Å². The molecule has 0 unspecified atom stereocenters. The molecule has 0 bridgehead atoms. The van der Waals surface area contributed by atoms with Crippen LogP contribution in [0.15, 0.2) is 23.4 Å². The molecule has 0 aliphatic carbocycles. The Morgan fingerprint density at radius 1 is 1.47 bits per heavy atom. The zero-order valence-electron chi connectivity index (χ0n) is 9.82. The van der Waals surface area contributed by atoms with Gasteiger partial charge in [-0.15, -0.1) is 0 Å². The van der Waals surface area contributed by atoms with Gasteiger partial charge >= 0.3 is 0 Å². The largest absolute Gasteiger partial charge is 0.494 e. The van der Waals surface area contributed by atoms with Gasteiger partial charge in [0, 0.05) is 11.4 Å². The number of rotatable bonds is 6. The molecule has 5 heteroatoms. The van der Waals surface area contributed by atoms with Crippen molar-refractivity contribution in [3.63, 3.8) is 0 Å². The molecule has 0 fully saturated rings. The Balaban J connectivity index is 2.24. The second-order valence-electron chi connectivity index (χ2n) is 3.81. The highest BCUT2D eigenvalue weighted by atomic mass is 35.5. The zero-order valence-corrected chi connectivity index (χ0v) is 10.6. The third kappa shape index (κ3) is 4.95. The Morgan fingerprint density at radius 2 is 2.24 bits per heavy atom. The molecular weight excluding hydrogens is 240 g/mol. The standard InChI is InChI=1S/C12H17ClN2O2/c1-9-8-10(5-6-11(9)13)17-7-3-2-4-12(14)15-16/h5-6,8,16H,2-4,7H2,1H3,(H2,14,15). The fraction of sp³-hybridized carbons (Fsp3) is 0.417. The molecule has 0 aliphatic heterocycles. The Morgan fingerprint density at radius 3 is 2.88 bits per heavy atom. The lowest BCUT2D eigenvalue weighted by Crippen LogP contribution is -2.11. The summed E-state index contributed by atoms with van der Waals surface area (Å²) in [7, 11) is 0. The molecule has 1 rings (SSSR count). The summed E-state index contributed by atoms with van der Waals surface area (Å²) >= 11 is 5.91. The summed E-state index contributed by atoms with van der Waals surface area (Å²) in [5.74, 6) is 1.07. The Labute approximate surface area is 106 Å². The summed E-state index contributed by atoms with van der Waals surface area (Å²) in [5, 5.41) is 12.0. The first-order chi connectivity index (χ1) is 8.13. The van der Waals surface area contributed by atoms with Gasteiger partial charge in [-0.05, 0) is 43.5 Å². The van der Waals surface area contributed by atoms with E-state index in [-0.39, 0.29) is 5.84 Å². The normalized spacial score (nSPS) is 11.5. The van der Waals surface area contributed by atoms with Crippen molar-refractivity contribution in [1.29, 1.82) is 0 Å². The Bertz CT molecular complexity index is 394. The molecule has 4 nitrogen and oxygen atoms in total. The number of unbranched alkanes of at least 4 members (excludes halogenated alkanes) is 1. The molecule has 17 heavy (non-hydrogen) atoms. The van der Waals surface area contributed by atoms with Crippen LogP contribution >= 0.6 is 11.6 Å². The summed E-state index contributed by atoms with van der Waals surface area (Å²) in [5.41, 5.74) is 6.35. The van der Waals surface area contributed by atoms with Gasteiger partial charge in [0.05, 0.1) is 6.61 Å². The first-order valence-electron chi connectivity index (χ1n) is 5.49. The number of benzene rings is 1. The zero-order chi connectivity index (χ0) is 12.7. The van der Waals surface area contributed by atoms with Gasteiger partial charge in [0.1, 0.15) is 11.6 Å². The molecule has 0 saturated heterocycles. The van der Waals surface area contributed by atoms with Crippen LogP contribution < -0.4 is 10.5 Å². The average Bonchev–Trinajstić information content (AvgIpc) is 2.33. The predicted molar refractivity (Wildman–Crippen MR) is 68.9 cm³/mol. The molecule has 0 radical (unpaired) electrons. The Kier molecular flexibility index (Phi) is 5.63. The van der Waals surface area contributed by atoms with Gasteiger partial charge in [0.25, 0.3) is 0 Å². The fourth-order valence-corrected chi connectivity index (χ4v) is 1.47. The number of nitrogens with zero attached hydrogens (tertiary/aromatic N) is 1. The highest BCUT2D eigenvalue weighted by Gasteiger charge is 1.99. The lowest BCUT2D eigenvalue weighted by molar-refractivity contribution is 0.304. The molecule has 1 aromatic rings. The molecule has 1 aromatic carbocycles. The highest BCUT2D eigenvalue weighted by molar-refractivity contribution is 6.31. The summed E-state index contributed by atoms with van der Waals surface area (Å²) in [4.78, 5) is 0. The summed E-state index contributed by atoms with van der Waals surface area (Å²) in [6, 6.07) is 5.58. The van der Waals surface area contributed by atoms with Gasteiger partial charge in [-0.25, -0.2) is 0 Å². The van der Waals surface area contributed by atoms with E-state index in [4.69, 9.17) is 27.3 Å². The molecule has 0 aliphatic rings. The summed E-state index contributed by atoms with van der Waals surface area (Å²) < 4.78 is 5.56. The van der Waals surface area contributed by atoms with E-state index in [9.17, 15) is 0 Å². The topological polar surface area (TPSA) is 67.8 Å². The van der Waals surface area contributed by atoms with Gasteiger partial charge in [-0.1, -0.05) is 16.8 Å². The van der Waals surface area contributed by atoms with Gasteiger partial charge in [-0.3, -0.25) is 0 Å². The van der Waals surface area contributed by atoms with Gasteiger partial charge in [0.15, 0.2) is 0 Å². The number of ether oxygens (including phenoxy) is 1. The van der Waals surface area contributed by atoms with E-state index in [1.165, 1.54) is 0 Å². The molecule has 0 atom stereocenters. The van der Waals surface area contributed by atoms with Gasteiger partial charge < -0.3 is 15.7 Å². The molecule has 0 aromatic heterocycles. The van der Waals surface area contributed by atoms with E-state index in [0.717, 1.165) is 29.2 Å². The van der Waals surface area contributed by atoms with E-state index in [0.29, 0.717) is 13.0 Å². The quantitative estimate of drug-likeness (QED) is 0.270. The van der Waals surface area contributed by atoms with Crippen molar-refractivity contribution < 1.29 is 9.94 Å². The van der Waals surface area contributed by atoms with Crippen molar-refractivity contribution in [3.05, 3.63) is 28.8 Å². The maximum Gasteiger partial charge on any atom is 0.139 e. The van der Waals surface area contributed by atoms with Crippen molar-refractivity contribution in [3.8, 4) is 5.75 Å². The fourth-order valence-electron chi connectivity index (χ4n) is 1.36. The second-order valence-corrected chi connectivity index (χ2v) is 4.22. The van der Waals surface area contributed by atoms with Crippen LogP contribution in [0.3, 0.4) is 0 Å². The van der Waals surface area contributed by atoms with Crippen LogP contribution in [-0.2, 0) is 0 Å². The molecule has 0 amide bonds. The van der Waals surface area contributed by atoms with Gasteiger partial charge in [0.2, 0.25) is 0 Å². The lowest BCUT2D eigenvalue weighted by Gasteiger charge is -2.07. The van der Waals surface area contributed by atoms with E-state index in [1.54, 1.807) is 0 Å². The van der Waals surface area contributed by atoms with Crippen molar-refractivity contribution in [2.24, 2.45) is 10.9 Å². The van der Waals surface area contributed by atoms with Crippen molar-refractivity contribution in [1.82, 2.24) is 0 Å². The summed E-state index contributed by atoms with van der Waals surface area (Å²) in [6.45, 7) is 2.55. The molecule has 3 N–H and O–H groups in total. The third-order valence-corrected chi connectivity index (χ3v) is 2.78. The smallest absolute Gasteiger partial charge is 0.139 e. The van der Waals surface area contributed by atoms with Crippen molar-refractivity contribution in [2.45, 2.75) is 26.2 Å². The molecule has 94 valence electrons. The maximum absolute atomic E-state index is 8.35. The summed E-state index contributed by atoms with van der Waals surface area (Å²) in [6.07, 6.45) is 2.28. The highest BCUT2D eigenvalue weighted by Crippen LogP contribution is 2.21. The van der Waals surface area contributed by atoms with Gasteiger partial charge in [-0.2, -0.15) is 0 Å². The number of amidine groups is 1. The maximum atomic E-state index is 8.35. The first-order valence-corrected chi connectivity index (χ1v) is 5.86. The van der Waals surface area contributed by atoms with Crippen LogP contribution in [0.2, 0.25) is 5.02 Å². The number of hydrogen-bond acceptors (Lipinski definition) is 3. The van der Waals surface area contributed by atoms with Crippen LogP contribution in [0.4, 0.5) is 0 Å². The number of halogens is 1. The minimum atomic E-state index is 0.257. The molecule has 0 saturated carbocycles. The monoisotopic (exact) mass is 256 g/mol. The van der Waals surface area contributed by atoms with E-state index < -0.39 is 0 Å². The average molecular weight is 257 g/mol. The second kappa shape index (κ2) is 7.01. The SMILES string of the molecule is Cc1cc(OCCCCC(N)=NO)ccc1Cl. The minimum absolute atomic E-state index is 0.257. The third-order valence-electron chi connectivity index (χ3n) is 2.35. The van der Waals surface area contributed by atoms with E-state index in [2.05, 4.69) is 5.16 Å². The lowest BCUT2D eigenvalue weighted by atomic mass is 10.2. The van der Waals surface area contributed by atoms with Crippen LogP contribution in [0.25, 0.3) is 0 Å².